The quantitative estimate of drug-likeness (QED) is 0.766. The minimum absolute atomic E-state index is 0.0456. The Labute approximate surface area is 97.9 Å². The number of aryl methyl sites for hydroxylation is 1. The van der Waals surface area contributed by atoms with Gasteiger partial charge in [-0.05, 0) is 24.8 Å². The first-order valence-electron chi connectivity index (χ1n) is 6.03. The molecule has 0 aliphatic carbocycles. The van der Waals surface area contributed by atoms with Crippen LogP contribution in [0.3, 0.4) is 0 Å². The molecule has 0 aromatic heterocycles. The van der Waals surface area contributed by atoms with E-state index in [1.54, 1.807) is 0 Å². The van der Waals surface area contributed by atoms with E-state index in [2.05, 4.69) is 12.1 Å². The third-order valence-electron chi connectivity index (χ3n) is 2.78. The summed E-state index contributed by atoms with van der Waals surface area (Å²) in [4.78, 5) is 11.5. The van der Waals surface area contributed by atoms with Crippen molar-refractivity contribution in [2.24, 2.45) is 5.73 Å². The number of ketones is 1. The van der Waals surface area contributed by atoms with Crippen LogP contribution in [-0.4, -0.2) is 11.8 Å². The second-order valence-corrected chi connectivity index (χ2v) is 4.25. The lowest BCUT2D eigenvalue weighted by Crippen LogP contribution is -2.22. The van der Waals surface area contributed by atoms with E-state index in [0.29, 0.717) is 18.6 Å². The Morgan fingerprint density at radius 3 is 2.62 bits per heavy atom. The SMILES string of the molecule is CCC(N)CC(=O)CCCc1ccccc1. The van der Waals surface area contributed by atoms with Crippen molar-refractivity contribution in [3.63, 3.8) is 0 Å². The number of hydrogen-bond acceptors (Lipinski definition) is 2. The number of Topliss-reactive ketones (excluding diaryl/α,β-unsaturated/α-hetero) is 1. The van der Waals surface area contributed by atoms with Crippen molar-refractivity contribution in [2.75, 3.05) is 0 Å². The van der Waals surface area contributed by atoms with E-state index in [1.165, 1.54) is 5.56 Å². The average Bonchev–Trinajstić information content (AvgIpc) is 2.30. The Hall–Kier alpha value is -1.15. The second kappa shape index (κ2) is 7.18. The monoisotopic (exact) mass is 219 g/mol. The molecule has 0 spiro atoms. The molecule has 0 amide bonds. The average molecular weight is 219 g/mol. The fourth-order valence-electron chi connectivity index (χ4n) is 1.67. The normalized spacial score (nSPS) is 12.4. The summed E-state index contributed by atoms with van der Waals surface area (Å²) < 4.78 is 0. The summed E-state index contributed by atoms with van der Waals surface area (Å²) in [5.41, 5.74) is 7.04. The van der Waals surface area contributed by atoms with Crippen LogP contribution >= 0.6 is 0 Å². The van der Waals surface area contributed by atoms with Gasteiger partial charge in [0.2, 0.25) is 0 Å². The van der Waals surface area contributed by atoms with Gasteiger partial charge in [-0.25, -0.2) is 0 Å². The van der Waals surface area contributed by atoms with Crippen molar-refractivity contribution >= 4 is 5.78 Å². The van der Waals surface area contributed by atoms with Gasteiger partial charge in [-0.2, -0.15) is 0 Å². The molecule has 2 nitrogen and oxygen atoms in total. The molecule has 0 heterocycles. The Bertz CT molecular complexity index is 308. The zero-order valence-corrected chi connectivity index (χ0v) is 9.99. The number of benzene rings is 1. The van der Waals surface area contributed by atoms with E-state index in [4.69, 9.17) is 5.73 Å². The highest BCUT2D eigenvalue weighted by atomic mass is 16.1. The van der Waals surface area contributed by atoms with Crippen LogP contribution in [0.4, 0.5) is 0 Å². The lowest BCUT2D eigenvalue weighted by Gasteiger charge is -2.07. The van der Waals surface area contributed by atoms with Crippen LogP contribution in [0.25, 0.3) is 0 Å². The fraction of sp³-hybridized carbons (Fsp3) is 0.500. The van der Waals surface area contributed by atoms with Crippen molar-refractivity contribution in [3.05, 3.63) is 35.9 Å². The molecule has 1 rings (SSSR count). The summed E-state index contributed by atoms with van der Waals surface area (Å²) in [5, 5.41) is 0. The largest absolute Gasteiger partial charge is 0.327 e. The molecule has 2 N–H and O–H groups in total. The highest BCUT2D eigenvalue weighted by molar-refractivity contribution is 5.78. The topological polar surface area (TPSA) is 43.1 Å². The van der Waals surface area contributed by atoms with Crippen LogP contribution in [0.15, 0.2) is 30.3 Å². The van der Waals surface area contributed by atoms with Gasteiger partial charge < -0.3 is 5.73 Å². The molecule has 1 unspecified atom stereocenters. The highest BCUT2D eigenvalue weighted by Crippen LogP contribution is 2.07. The van der Waals surface area contributed by atoms with Gasteiger partial charge in [0.05, 0.1) is 0 Å². The molecular weight excluding hydrogens is 198 g/mol. The number of hydrogen-bond donors (Lipinski definition) is 1. The summed E-state index contributed by atoms with van der Waals surface area (Å²) in [6.45, 7) is 2.02. The summed E-state index contributed by atoms with van der Waals surface area (Å²) in [6.07, 6.45) is 3.98. The minimum Gasteiger partial charge on any atom is -0.327 e. The molecule has 0 bridgehead atoms. The van der Waals surface area contributed by atoms with Gasteiger partial charge in [-0.1, -0.05) is 37.3 Å². The van der Waals surface area contributed by atoms with Crippen LogP contribution in [0, 0.1) is 0 Å². The third kappa shape index (κ3) is 5.08. The Kier molecular flexibility index (Phi) is 5.79. The van der Waals surface area contributed by atoms with Crippen molar-refractivity contribution in [2.45, 2.75) is 45.1 Å². The standard InChI is InChI=1S/C14H21NO/c1-2-13(15)11-14(16)10-6-9-12-7-4-3-5-8-12/h3-5,7-8,13H,2,6,9-11,15H2,1H3. The third-order valence-corrected chi connectivity index (χ3v) is 2.78. The highest BCUT2D eigenvalue weighted by Gasteiger charge is 2.07. The van der Waals surface area contributed by atoms with E-state index < -0.39 is 0 Å². The maximum atomic E-state index is 11.5. The Morgan fingerprint density at radius 2 is 2.00 bits per heavy atom. The Balaban J connectivity index is 2.18. The van der Waals surface area contributed by atoms with Crippen molar-refractivity contribution < 1.29 is 4.79 Å². The van der Waals surface area contributed by atoms with E-state index in [1.807, 2.05) is 25.1 Å². The van der Waals surface area contributed by atoms with Crippen molar-refractivity contribution in [3.8, 4) is 0 Å². The molecule has 0 radical (unpaired) electrons. The van der Waals surface area contributed by atoms with E-state index in [9.17, 15) is 4.79 Å². The minimum atomic E-state index is 0.0456. The van der Waals surface area contributed by atoms with Gasteiger partial charge in [-0.15, -0.1) is 0 Å². The molecule has 0 saturated heterocycles. The van der Waals surface area contributed by atoms with Gasteiger partial charge in [-0.3, -0.25) is 4.79 Å². The predicted octanol–water partition coefficient (Wildman–Crippen LogP) is 2.71. The number of carbonyl (C=O) groups excluding carboxylic acids is 1. The predicted molar refractivity (Wildman–Crippen MR) is 67.3 cm³/mol. The first-order chi connectivity index (χ1) is 7.72. The zero-order chi connectivity index (χ0) is 11.8. The molecule has 1 atom stereocenters. The molecule has 0 saturated carbocycles. The summed E-state index contributed by atoms with van der Waals surface area (Å²) in [6, 6.07) is 10.3. The molecule has 16 heavy (non-hydrogen) atoms. The van der Waals surface area contributed by atoms with E-state index >= 15 is 0 Å². The molecule has 88 valence electrons. The van der Waals surface area contributed by atoms with Gasteiger partial charge in [0.15, 0.2) is 0 Å². The van der Waals surface area contributed by atoms with Gasteiger partial charge in [0.1, 0.15) is 5.78 Å². The fourth-order valence-corrected chi connectivity index (χ4v) is 1.67. The maximum absolute atomic E-state index is 11.5. The van der Waals surface area contributed by atoms with Gasteiger partial charge in [0.25, 0.3) is 0 Å². The van der Waals surface area contributed by atoms with Crippen LogP contribution < -0.4 is 5.73 Å². The summed E-state index contributed by atoms with van der Waals surface area (Å²) in [7, 11) is 0. The maximum Gasteiger partial charge on any atom is 0.134 e. The summed E-state index contributed by atoms with van der Waals surface area (Å²) in [5.74, 6) is 0.297. The van der Waals surface area contributed by atoms with Crippen LogP contribution in [-0.2, 0) is 11.2 Å². The Morgan fingerprint density at radius 1 is 1.31 bits per heavy atom. The molecule has 1 aromatic carbocycles. The second-order valence-electron chi connectivity index (χ2n) is 4.25. The molecule has 1 aromatic rings. The van der Waals surface area contributed by atoms with Crippen molar-refractivity contribution in [1.82, 2.24) is 0 Å². The van der Waals surface area contributed by atoms with Gasteiger partial charge >= 0.3 is 0 Å². The summed E-state index contributed by atoms with van der Waals surface area (Å²) >= 11 is 0. The van der Waals surface area contributed by atoms with Crippen LogP contribution in [0.1, 0.15) is 38.2 Å². The number of carbonyl (C=O) groups is 1. The number of nitrogens with two attached hydrogens (primary N) is 1. The van der Waals surface area contributed by atoms with Crippen molar-refractivity contribution in [1.29, 1.82) is 0 Å². The number of rotatable bonds is 7. The molecule has 2 heteroatoms. The van der Waals surface area contributed by atoms with Gasteiger partial charge in [0, 0.05) is 18.9 Å². The molecule has 0 aliphatic rings. The van der Waals surface area contributed by atoms with Crippen LogP contribution in [0.2, 0.25) is 0 Å². The zero-order valence-electron chi connectivity index (χ0n) is 9.99. The van der Waals surface area contributed by atoms with E-state index in [0.717, 1.165) is 19.3 Å². The smallest absolute Gasteiger partial charge is 0.134 e. The lowest BCUT2D eigenvalue weighted by molar-refractivity contribution is -0.119. The molecule has 0 fully saturated rings. The lowest BCUT2D eigenvalue weighted by atomic mass is 10.0. The molecule has 0 aliphatic heterocycles. The van der Waals surface area contributed by atoms with Crippen LogP contribution in [0.5, 0.6) is 0 Å². The van der Waals surface area contributed by atoms with E-state index in [-0.39, 0.29) is 6.04 Å². The first-order valence-corrected chi connectivity index (χ1v) is 6.03. The first kappa shape index (κ1) is 12.9. The molecular formula is C14H21NO.